The molecule has 1 aliphatic heterocycles. The lowest BCUT2D eigenvalue weighted by atomic mass is 10.0. The molecule has 1 fully saturated rings. The number of halogens is 1. The summed E-state index contributed by atoms with van der Waals surface area (Å²) in [7, 11) is 0. The number of aryl methyl sites for hydroxylation is 1. The van der Waals surface area contributed by atoms with E-state index in [-0.39, 0.29) is 11.7 Å². The molecule has 2 aliphatic rings. The Kier molecular flexibility index (Phi) is 3.73. The quantitative estimate of drug-likeness (QED) is 0.930. The molecule has 1 atom stereocenters. The van der Waals surface area contributed by atoms with Crippen LogP contribution in [0.3, 0.4) is 0 Å². The predicted octanol–water partition coefficient (Wildman–Crippen LogP) is 3.73. The van der Waals surface area contributed by atoms with Gasteiger partial charge in [0.15, 0.2) is 0 Å². The Morgan fingerprint density at radius 1 is 1.21 bits per heavy atom. The molecular weight excluding hydrogens is 305 g/mol. The van der Waals surface area contributed by atoms with E-state index in [1.54, 1.807) is 12.3 Å². The zero-order chi connectivity index (χ0) is 16.7. The van der Waals surface area contributed by atoms with Crippen LogP contribution >= 0.6 is 0 Å². The van der Waals surface area contributed by atoms with Gasteiger partial charge in [0.25, 0.3) is 0 Å². The summed E-state index contributed by atoms with van der Waals surface area (Å²) in [6, 6.07) is 7.05. The van der Waals surface area contributed by atoms with Gasteiger partial charge >= 0.3 is 0 Å². The van der Waals surface area contributed by atoms with E-state index in [1.165, 1.54) is 6.07 Å². The van der Waals surface area contributed by atoms with Gasteiger partial charge < -0.3 is 14.9 Å². The zero-order valence-electron chi connectivity index (χ0n) is 13.6. The van der Waals surface area contributed by atoms with Crippen molar-refractivity contribution in [1.82, 2.24) is 4.98 Å². The van der Waals surface area contributed by atoms with Gasteiger partial charge in [-0.2, -0.15) is 0 Å². The number of aromatic nitrogens is 1. The molecule has 4 nitrogen and oxygen atoms in total. The fraction of sp³-hybridized carbons (Fsp3) is 0.316. The lowest BCUT2D eigenvalue weighted by molar-refractivity contribution is 0.149. The number of aliphatic hydroxyl groups excluding tert-OH is 1. The third kappa shape index (κ3) is 2.76. The van der Waals surface area contributed by atoms with E-state index in [2.05, 4.69) is 9.88 Å². The molecule has 5 heteroatoms. The second-order valence-corrected chi connectivity index (χ2v) is 6.53. The molecule has 1 saturated carbocycles. The van der Waals surface area contributed by atoms with Gasteiger partial charge in [0.05, 0.1) is 24.7 Å². The summed E-state index contributed by atoms with van der Waals surface area (Å²) in [6.45, 7) is 2.65. The molecule has 2 aromatic rings. The Balaban J connectivity index is 1.52. The molecule has 24 heavy (non-hydrogen) atoms. The Bertz CT molecular complexity index is 788. The van der Waals surface area contributed by atoms with Crippen LogP contribution in [0, 0.1) is 18.7 Å². The molecule has 0 radical (unpaired) electrons. The molecule has 2 heterocycles. The fourth-order valence-electron chi connectivity index (χ4n) is 3.10. The van der Waals surface area contributed by atoms with Gasteiger partial charge in [-0.25, -0.2) is 4.39 Å². The highest BCUT2D eigenvalue weighted by Gasteiger charge is 2.32. The first-order valence-electron chi connectivity index (χ1n) is 8.23. The number of hydrogen-bond acceptors (Lipinski definition) is 4. The molecule has 1 aromatic heterocycles. The minimum absolute atomic E-state index is 0.223. The minimum Gasteiger partial charge on any atom is -0.388 e. The maximum Gasteiger partial charge on any atom is 0.131 e. The van der Waals surface area contributed by atoms with E-state index in [9.17, 15) is 9.50 Å². The molecule has 4 rings (SSSR count). The number of benzene rings is 1. The van der Waals surface area contributed by atoms with Gasteiger partial charge in [0.2, 0.25) is 0 Å². The smallest absolute Gasteiger partial charge is 0.131 e. The average molecular weight is 325 g/mol. The molecule has 124 valence electrons. The number of anilines is 2. The van der Waals surface area contributed by atoms with Gasteiger partial charge in [0, 0.05) is 29.8 Å². The van der Waals surface area contributed by atoms with Crippen LogP contribution in [0.1, 0.15) is 30.1 Å². The molecular formula is C19H20FN3O. The third-order valence-corrected chi connectivity index (χ3v) is 4.76. The molecule has 1 unspecified atom stereocenters. The van der Waals surface area contributed by atoms with Crippen molar-refractivity contribution in [3.05, 3.63) is 66.0 Å². The van der Waals surface area contributed by atoms with E-state index < -0.39 is 6.10 Å². The summed E-state index contributed by atoms with van der Waals surface area (Å²) in [5.74, 6) is -0.114. The first-order valence-corrected chi connectivity index (χ1v) is 8.23. The molecule has 0 saturated heterocycles. The minimum atomic E-state index is -0.678. The van der Waals surface area contributed by atoms with Crippen LogP contribution in [0.25, 0.3) is 0 Å². The Hall–Kier alpha value is -2.40. The van der Waals surface area contributed by atoms with Crippen LogP contribution in [0.2, 0.25) is 0 Å². The molecule has 0 spiro atoms. The van der Waals surface area contributed by atoms with Crippen molar-refractivity contribution in [2.75, 3.05) is 16.5 Å². The van der Waals surface area contributed by atoms with Crippen molar-refractivity contribution in [3.63, 3.8) is 0 Å². The van der Waals surface area contributed by atoms with E-state index >= 15 is 0 Å². The van der Waals surface area contributed by atoms with Crippen LogP contribution in [-0.4, -0.2) is 16.8 Å². The summed E-state index contributed by atoms with van der Waals surface area (Å²) < 4.78 is 14.4. The van der Waals surface area contributed by atoms with E-state index in [4.69, 9.17) is 0 Å². The fourth-order valence-corrected chi connectivity index (χ4v) is 3.10. The van der Waals surface area contributed by atoms with Crippen molar-refractivity contribution in [2.24, 2.45) is 5.92 Å². The summed E-state index contributed by atoms with van der Waals surface area (Å²) >= 11 is 0. The molecule has 1 aliphatic carbocycles. The molecule has 0 amide bonds. The van der Waals surface area contributed by atoms with Crippen LogP contribution < -0.4 is 9.80 Å². The standard InChI is InChI=1S/C19H20FN3O/c1-13-6-7-21-11-18(13)23-9-8-22(12-23)15-4-5-16(17(20)10-15)19(24)14-2-3-14/h4-11,14,19,24H,2-3,12H2,1H3. The van der Waals surface area contributed by atoms with E-state index in [1.807, 2.05) is 42.6 Å². The second kappa shape index (κ2) is 5.91. The second-order valence-electron chi connectivity index (χ2n) is 6.53. The van der Waals surface area contributed by atoms with Gasteiger partial charge in [0.1, 0.15) is 5.82 Å². The first kappa shape index (κ1) is 15.1. The SMILES string of the molecule is Cc1ccncc1N1C=CN(c2ccc(C(O)C3CC3)c(F)c2)C1. The Labute approximate surface area is 140 Å². The Morgan fingerprint density at radius 3 is 2.71 bits per heavy atom. The monoisotopic (exact) mass is 325 g/mol. The van der Waals surface area contributed by atoms with Gasteiger partial charge in [-0.15, -0.1) is 0 Å². The lowest BCUT2D eigenvalue weighted by Gasteiger charge is -2.23. The van der Waals surface area contributed by atoms with Crippen molar-refractivity contribution in [1.29, 1.82) is 0 Å². The van der Waals surface area contributed by atoms with Crippen molar-refractivity contribution in [3.8, 4) is 0 Å². The third-order valence-electron chi connectivity index (χ3n) is 4.76. The van der Waals surface area contributed by atoms with Gasteiger partial charge in [-0.1, -0.05) is 6.07 Å². The van der Waals surface area contributed by atoms with E-state index in [0.717, 1.165) is 29.8 Å². The normalized spacial score (nSPS) is 18.3. The van der Waals surface area contributed by atoms with E-state index in [0.29, 0.717) is 12.2 Å². The largest absolute Gasteiger partial charge is 0.388 e. The highest BCUT2D eigenvalue weighted by Crippen LogP contribution is 2.42. The zero-order valence-corrected chi connectivity index (χ0v) is 13.6. The molecule has 0 bridgehead atoms. The summed E-state index contributed by atoms with van der Waals surface area (Å²) in [5, 5.41) is 10.1. The number of pyridine rings is 1. The number of aliphatic hydroxyl groups is 1. The topological polar surface area (TPSA) is 39.6 Å². The lowest BCUT2D eigenvalue weighted by Crippen LogP contribution is -2.25. The predicted molar refractivity (Wildman–Crippen MR) is 92.0 cm³/mol. The van der Waals surface area contributed by atoms with Crippen molar-refractivity contribution < 1.29 is 9.50 Å². The van der Waals surface area contributed by atoms with Crippen LogP contribution in [0.5, 0.6) is 0 Å². The molecule has 1 N–H and O–H groups in total. The summed E-state index contributed by atoms with van der Waals surface area (Å²) in [6.07, 6.45) is 8.79. The maximum atomic E-state index is 14.4. The first-order chi connectivity index (χ1) is 11.6. The highest BCUT2D eigenvalue weighted by atomic mass is 19.1. The number of hydrogen-bond donors (Lipinski definition) is 1. The van der Waals surface area contributed by atoms with Gasteiger partial charge in [-0.3, -0.25) is 4.98 Å². The van der Waals surface area contributed by atoms with Crippen LogP contribution in [0.4, 0.5) is 15.8 Å². The maximum absolute atomic E-state index is 14.4. The molecule has 1 aromatic carbocycles. The summed E-state index contributed by atoms with van der Waals surface area (Å²) in [4.78, 5) is 8.23. The van der Waals surface area contributed by atoms with Crippen LogP contribution in [-0.2, 0) is 0 Å². The van der Waals surface area contributed by atoms with Crippen molar-refractivity contribution >= 4 is 11.4 Å². The number of nitrogens with zero attached hydrogens (tertiary/aromatic N) is 3. The van der Waals surface area contributed by atoms with Gasteiger partial charge in [-0.05, 0) is 49.4 Å². The van der Waals surface area contributed by atoms with Crippen molar-refractivity contribution in [2.45, 2.75) is 25.9 Å². The number of rotatable bonds is 4. The Morgan fingerprint density at radius 2 is 2.00 bits per heavy atom. The van der Waals surface area contributed by atoms with Crippen LogP contribution in [0.15, 0.2) is 49.1 Å². The summed E-state index contributed by atoms with van der Waals surface area (Å²) in [5.41, 5.74) is 3.37. The average Bonchev–Trinajstić information content (AvgIpc) is 3.32. The highest BCUT2D eigenvalue weighted by molar-refractivity contribution is 5.61.